The summed E-state index contributed by atoms with van der Waals surface area (Å²) in [6.45, 7) is 2.27. The van der Waals surface area contributed by atoms with Crippen LogP contribution in [-0.2, 0) is 16.0 Å². The Morgan fingerprint density at radius 3 is 2.64 bits per heavy atom. The molecule has 0 bridgehead atoms. The summed E-state index contributed by atoms with van der Waals surface area (Å²) in [7, 11) is 0. The number of hydrogen-bond donors (Lipinski definition) is 2. The number of rotatable bonds is 7. The molecule has 6 nitrogen and oxygen atoms in total. The second-order valence-electron chi connectivity index (χ2n) is 4.99. The third kappa shape index (κ3) is 5.40. The molecule has 0 fully saturated rings. The van der Waals surface area contributed by atoms with Crippen LogP contribution < -0.4 is 10.6 Å². The topological polar surface area (TPSA) is 84.2 Å². The lowest BCUT2D eigenvalue weighted by Crippen LogP contribution is -2.29. The average Bonchev–Trinajstić information content (AvgIpc) is 2.89. The number of amides is 2. The Morgan fingerprint density at radius 2 is 1.95 bits per heavy atom. The average molecular weight is 301 g/mol. The molecule has 0 saturated carbocycles. The van der Waals surface area contributed by atoms with Gasteiger partial charge < -0.3 is 15.2 Å². The molecule has 2 N–H and O–H groups in total. The van der Waals surface area contributed by atoms with Crippen LogP contribution in [0, 0.1) is 6.92 Å². The summed E-state index contributed by atoms with van der Waals surface area (Å²) >= 11 is 0. The minimum Gasteiger partial charge on any atom is -0.360 e. The highest BCUT2D eigenvalue weighted by Crippen LogP contribution is 2.07. The predicted octanol–water partition coefficient (Wildman–Crippen LogP) is 2.06. The van der Waals surface area contributed by atoms with Crippen molar-refractivity contribution in [3.8, 4) is 0 Å². The summed E-state index contributed by atoms with van der Waals surface area (Å²) in [5, 5.41) is 8.87. The first-order valence-corrected chi connectivity index (χ1v) is 7.17. The van der Waals surface area contributed by atoms with E-state index in [9.17, 15) is 9.59 Å². The molecule has 116 valence electrons. The molecule has 0 aliphatic rings. The zero-order chi connectivity index (χ0) is 15.8. The monoisotopic (exact) mass is 301 g/mol. The molecule has 0 unspecified atom stereocenters. The molecule has 0 atom stereocenters. The van der Waals surface area contributed by atoms with Gasteiger partial charge >= 0.3 is 0 Å². The Kier molecular flexibility index (Phi) is 5.71. The number of carbonyl (C=O) groups is 2. The Labute approximate surface area is 128 Å². The van der Waals surface area contributed by atoms with Crippen molar-refractivity contribution in [3.05, 3.63) is 47.7 Å². The summed E-state index contributed by atoms with van der Waals surface area (Å²) in [5.41, 5.74) is 1.23. The van der Waals surface area contributed by atoms with Crippen LogP contribution in [0.3, 0.4) is 0 Å². The van der Waals surface area contributed by atoms with Crippen molar-refractivity contribution in [1.29, 1.82) is 0 Å². The van der Waals surface area contributed by atoms with Crippen LogP contribution in [-0.4, -0.2) is 23.5 Å². The molecule has 0 saturated heterocycles. The van der Waals surface area contributed by atoms with Crippen molar-refractivity contribution in [1.82, 2.24) is 10.5 Å². The fraction of sp³-hybridized carbons (Fsp3) is 0.312. The van der Waals surface area contributed by atoms with Gasteiger partial charge in [0.1, 0.15) is 12.2 Å². The van der Waals surface area contributed by atoms with Gasteiger partial charge in [-0.25, -0.2) is 0 Å². The predicted molar refractivity (Wildman–Crippen MR) is 82.3 cm³/mol. The van der Waals surface area contributed by atoms with Gasteiger partial charge in [-0.2, -0.15) is 0 Å². The highest BCUT2D eigenvalue weighted by Gasteiger charge is 2.11. The molecule has 1 heterocycles. The Balaban J connectivity index is 1.62. The minimum atomic E-state index is -0.408. The van der Waals surface area contributed by atoms with Crippen molar-refractivity contribution in [2.45, 2.75) is 26.2 Å². The van der Waals surface area contributed by atoms with E-state index in [0.29, 0.717) is 18.1 Å². The quantitative estimate of drug-likeness (QED) is 0.605. The lowest BCUT2D eigenvalue weighted by molar-refractivity contribution is -0.126. The second-order valence-corrected chi connectivity index (χ2v) is 4.99. The van der Waals surface area contributed by atoms with Crippen molar-refractivity contribution >= 4 is 17.6 Å². The van der Waals surface area contributed by atoms with E-state index in [1.54, 1.807) is 13.0 Å². The van der Waals surface area contributed by atoms with Crippen LogP contribution in [0.5, 0.6) is 0 Å². The van der Waals surface area contributed by atoms with Gasteiger partial charge in [-0.1, -0.05) is 35.5 Å². The molecule has 0 aliphatic heterocycles. The summed E-state index contributed by atoms with van der Waals surface area (Å²) in [5.74, 6) is 0.208. The first-order valence-electron chi connectivity index (χ1n) is 7.17. The molecule has 2 rings (SSSR count). The Hall–Kier alpha value is -2.63. The maximum atomic E-state index is 11.6. The minimum absolute atomic E-state index is 0.225. The zero-order valence-corrected chi connectivity index (χ0v) is 12.5. The zero-order valence-electron chi connectivity index (χ0n) is 12.5. The van der Waals surface area contributed by atoms with Crippen LogP contribution in [0.25, 0.3) is 0 Å². The van der Waals surface area contributed by atoms with Gasteiger partial charge in [-0.15, -0.1) is 0 Å². The van der Waals surface area contributed by atoms with Gasteiger partial charge in [0, 0.05) is 12.6 Å². The Bertz CT molecular complexity index is 623. The first kappa shape index (κ1) is 15.8. The molecule has 2 amide bonds. The van der Waals surface area contributed by atoms with E-state index in [1.807, 2.05) is 18.2 Å². The largest absolute Gasteiger partial charge is 0.360 e. The molecule has 0 aliphatic carbocycles. The van der Waals surface area contributed by atoms with Crippen LogP contribution in [0.2, 0.25) is 0 Å². The molecule has 22 heavy (non-hydrogen) atoms. The molecular weight excluding hydrogens is 282 g/mol. The van der Waals surface area contributed by atoms with E-state index in [-0.39, 0.29) is 12.3 Å². The van der Waals surface area contributed by atoms with E-state index in [0.717, 1.165) is 12.8 Å². The molecule has 2 aromatic rings. The lowest BCUT2D eigenvalue weighted by Gasteiger charge is -2.05. The number of anilines is 1. The summed E-state index contributed by atoms with van der Waals surface area (Å²) < 4.78 is 4.83. The van der Waals surface area contributed by atoms with Gasteiger partial charge in [-0.05, 0) is 25.3 Å². The van der Waals surface area contributed by atoms with Crippen molar-refractivity contribution < 1.29 is 14.1 Å². The fourth-order valence-corrected chi connectivity index (χ4v) is 1.99. The van der Waals surface area contributed by atoms with Gasteiger partial charge in [0.05, 0.1) is 0 Å². The van der Waals surface area contributed by atoms with E-state index in [2.05, 4.69) is 27.9 Å². The molecular formula is C16H19N3O3. The summed E-state index contributed by atoms with van der Waals surface area (Å²) in [6.07, 6.45) is 1.50. The second kappa shape index (κ2) is 7.97. The SMILES string of the molecule is Cc1cc(NC(=O)CC(=O)NCCCc2ccccc2)no1. The van der Waals surface area contributed by atoms with Crippen LogP contribution in [0.1, 0.15) is 24.2 Å². The fourth-order valence-electron chi connectivity index (χ4n) is 1.99. The van der Waals surface area contributed by atoms with Crippen molar-refractivity contribution in [2.75, 3.05) is 11.9 Å². The number of hydrogen-bond acceptors (Lipinski definition) is 4. The van der Waals surface area contributed by atoms with Crippen LogP contribution >= 0.6 is 0 Å². The van der Waals surface area contributed by atoms with E-state index >= 15 is 0 Å². The normalized spacial score (nSPS) is 10.2. The summed E-state index contributed by atoms with van der Waals surface area (Å²) in [6, 6.07) is 11.6. The van der Waals surface area contributed by atoms with E-state index < -0.39 is 5.91 Å². The van der Waals surface area contributed by atoms with Gasteiger partial charge in [0.15, 0.2) is 5.82 Å². The number of aryl methyl sites for hydroxylation is 2. The first-order chi connectivity index (χ1) is 10.6. The van der Waals surface area contributed by atoms with Crippen LogP contribution in [0.4, 0.5) is 5.82 Å². The maximum absolute atomic E-state index is 11.6. The number of benzene rings is 1. The van der Waals surface area contributed by atoms with Gasteiger partial charge in [0.25, 0.3) is 0 Å². The number of nitrogens with one attached hydrogen (secondary N) is 2. The third-order valence-corrected chi connectivity index (χ3v) is 3.02. The number of aromatic nitrogens is 1. The van der Waals surface area contributed by atoms with Crippen LogP contribution in [0.15, 0.2) is 40.9 Å². The summed E-state index contributed by atoms with van der Waals surface area (Å²) in [4.78, 5) is 23.3. The molecule has 1 aromatic carbocycles. The standard InChI is InChI=1S/C16H19N3O3/c1-12-10-14(19-22-12)18-16(21)11-15(20)17-9-5-8-13-6-3-2-4-7-13/h2-4,6-7,10H,5,8-9,11H2,1H3,(H,17,20)(H,18,19,21). The molecule has 0 spiro atoms. The molecule has 6 heteroatoms. The number of nitrogens with zero attached hydrogens (tertiary/aromatic N) is 1. The maximum Gasteiger partial charge on any atom is 0.235 e. The molecule has 1 aromatic heterocycles. The van der Waals surface area contributed by atoms with E-state index in [1.165, 1.54) is 5.56 Å². The van der Waals surface area contributed by atoms with Gasteiger partial charge in [-0.3, -0.25) is 9.59 Å². The van der Waals surface area contributed by atoms with E-state index in [4.69, 9.17) is 4.52 Å². The van der Waals surface area contributed by atoms with Crippen molar-refractivity contribution in [3.63, 3.8) is 0 Å². The smallest absolute Gasteiger partial charge is 0.235 e. The van der Waals surface area contributed by atoms with Gasteiger partial charge in [0.2, 0.25) is 11.8 Å². The number of carbonyl (C=O) groups excluding carboxylic acids is 2. The van der Waals surface area contributed by atoms with Crippen molar-refractivity contribution in [2.24, 2.45) is 0 Å². The lowest BCUT2D eigenvalue weighted by atomic mass is 10.1. The highest BCUT2D eigenvalue weighted by molar-refractivity contribution is 6.03. The molecule has 0 radical (unpaired) electrons. The Morgan fingerprint density at radius 1 is 1.18 bits per heavy atom. The third-order valence-electron chi connectivity index (χ3n) is 3.02. The highest BCUT2D eigenvalue weighted by atomic mass is 16.5.